The number of hydrogen-bond acceptors (Lipinski definition) is 6. The lowest BCUT2D eigenvalue weighted by molar-refractivity contribution is 0.161. The minimum absolute atomic E-state index is 0.389. The minimum atomic E-state index is 0.389. The maximum absolute atomic E-state index is 8.77. The summed E-state index contributed by atoms with van der Waals surface area (Å²) in [5, 5.41) is 19.6. The van der Waals surface area contributed by atoms with Crippen molar-refractivity contribution in [1.29, 1.82) is 0 Å². The first-order valence-electron chi connectivity index (χ1n) is 9.55. The number of rotatable bonds is 8. The Bertz CT molecular complexity index is 1030. The second-order valence-corrected chi connectivity index (χ2v) is 6.83. The summed E-state index contributed by atoms with van der Waals surface area (Å²) in [5.41, 5.74) is 6.20. The van der Waals surface area contributed by atoms with Crippen LogP contribution in [0.5, 0.6) is 23.0 Å². The van der Waals surface area contributed by atoms with E-state index in [0.717, 1.165) is 44.9 Å². The molecule has 4 aromatic rings. The van der Waals surface area contributed by atoms with Crippen molar-refractivity contribution in [3.8, 4) is 23.0 Å². The van der Waals surface area contributed by atoms with Gasteiger partial charge in [0.2, 0.25) is 0 Å². The van der Waals surface area contributed by atoms with Crippen LogP contribution in [0, 0.1) is 0 Å². The smallest absolute Gasteiger partial charge is 0.128 e. The molecule has 0 aliphatic rings. The van der Waals surface area contributed by atoms with E-state index in [2.05, 4.69) is 11.0 Å². The first-order chi connectivity index (χ1) is 14.7. The van der Waals surface area contributed by atoms with Gasteiger partial charge in [-0.05, 0) is 70.4 Å². The van der Waals surface area contributed by atoms with Crippen molar-refractivity contribution in [2.24, 2.45) is 0 Å². The van der Waals surface area contributed by atoms with Gasteiger partial charge in [0.05, 0.1) is 0 Å². The Balaban J connectivity index is 1.50. The molecule has 6 heteroatoms. The van der Waals surface area contributed by atoms with Gasteiger partial charge in [0.1, 0.15) is 23.0 Å². The van der Waals surface area contributed by atoms with Gasteiger partial charge in [0.25, 0.3) is 0 Å². The molecule has 4 aromatic carbocycles. The number of benzene rings is 4. The van der Waals surface area contributed by atoms with Gasteiger partial charge in [-0.15, -0.1) is 0 Å². The topological polar surface area (TPSA) is 83.0 Å². The summed E-state index contributed by atoms with van der Waals surface area (Å²) in [4.78, 5) is 0. The maximum atomic E-state index is 8.77. The highest BCUT2D eigenvalue weighted by molar-refractivity contribution is 5.85. The van der Waals surface area contributed by atoms with E-state index >= 15 is 0 Å². The summed E-state index contributed by atoms with van der Waals surface area (Å²) in [6.07, 6.45) is 0. The Labute approximate surface area is 174 Å². The van der Waals surface area contributed by atoms with Crippen molar-refractivity contribution in [2.75, 3.05) is 0 Å². The normalized spacial score (nSPS) is 10.9. The molecule has 4 rings (SSSR count). The predicted molar refractivity (Wildman–Crippen MR) is 114 cm³/mol. The molecule has 30 heavy (non-hydrogen) atoms. The number of ether oxygens (including phenoxy) is 2. The van der Waals surface area contributed by atoms with Crippen LogP contribution in [-0.2, 0) is 13.1 Å². The van der Waals surface area contributed by atoms with Crippen LogP contribution in [0.2, 0.25) is 0 Å². The van der Waals surface area contributed by atoms with Crippen molar-refractivity contribution in [3.05, 3.63) is 96.1 Å². The lowest BCUT2D eigenvalue weighted by atomic mass is 10.1. The Morgan fingerprint density at radius 1 is 0.500 bits per heavy atom. The van der Waals surface area contributed by atoms with E-state index in [1.807, 2.05) is 84.9 Å². The largest absolute Gasteiger partial charge is 0.457 e. The average Bonchev–Trinajstić information content (AvgIpc) is 2.77. The molecular weight excluding hydrogens is 380 g/mol. The van der Waals surface area contributed by atoms with Gasteiger partial charge >= 0.3 is 0 Å². The van der Waals surface area contributed by atoms with E-state index in [4.69, 9.17) is 19.9 Å². The fourth-order valence-corrected chi connectivity index (χ4v) is 3.14. The highest BCUT2D eigenvalue weighted by Gasteiger charge is 2.04. The minimum Gasteiger partial charge on any atom is -0.457 e. The molecule has 0 atom stereocenters. The Hall–Kier alpha value is -3.42. The van der Waals surface area contributed by atoms with E-state index in [1.165, 1.54) is 0 Å². The van der Waals surface area contributed by atoms with E-state index in [0.29, 0.717) is 13.1 Å². The van der Waals surface area contributed by atoms with Gasteiger partial charge in [0.15, 0.2) is 0 Å². The van der Waals surface area contributed by atoms with Crippen LogP contribution in [0.25, 0.3) is 10.8 Å². The third kappa shape index (κ3) is 4.94. The predicted octanol–water partition coefficient (Wildman–Crippen LogP) is 5.38. The number of nitrogens with one attached hydrogen (secondary N) is 2. The third-order valence-electron chi connectivity index (χ3n) is 4.67. The highest BCUT2D eigenvalue weighted by Crippen LogP contribution is 2.30. The standard InChI is InChI=1S/C24H22N2O4/c27-25-15-17-1-7-21(8-2-17)29-23-11-5-19-6-12-24(14-20(19)13-23)30-22-9-3-18(4-10-22)16-26-28/h1-14,25-28H,15-16H2. The lowest BCUT2D eigenvalue weighted by Gasteiger charge is -2.10. The van der Waals surface area contributed by atoms with Gasteiger partial charge < -0.3 is 19.9 Å². The summed E-state index contributed by atoms with van der Waals surface area (Å²) in [5.74, 6) is 2.91. The molecule has 0 amide bonds. The van der Waals surface area contributed by atoms with Gasteiger partial charge in [-0.3, -0.25) is 0 Å². The van der Waals surface area contributed by atoms with Crippen LogP contribution in [0.4, 0.5) is 0 Å². The van der Waals surface area contributed by atoms with E-state index < -0.39 is 0 Å². The highest BCUT2D eigenvalue weighted by atomic mass is 16.5. The number of hydrogen-bond donors (Lipinski definition) is 4. The van der Waals surface area contributed by atoms with Crippen LogP contribution in [0.3, 0.4) is 0 Å². The fourth-order valence-electron chi connectivity index (χ4n) is 3.14. The van der Waals surface area contributed by atoms with Gasteiger partial charge in [-0.1, -0.05) is 36.4 Å². The molecule has 152 valence electrons. The van der Waals surface area contributed by atoms with Crippen LogP contribution in [0.1, 0.15) is 11.1 Å². The zero-order chi connectivity index (χ0) is 20.8. The van der Waals surface area contributed by atoms with Crippen molar-refractivity contribution >= 4 is 10.8 Å². The zero-order valence-electron chi connectivity index (χ0n) is 16.2. The molecule has 0 radical (unpaired) electrons. The Morgan fingerprint density at radius 3 is 1.30 bits per heavy atom. The third-order valence-corrected chi connectivity index (χ3v) is 4.67. The summed E-state index contributed by atoms with van der Waals surface area (Å²) in [6.45, 7) is 0.778. The lowest BCUT2D eigenvalue weighted by Crippen LogP contribution is -2.05. The van der Waals surface area contributed by atoms with Crippen molar-refractivity contribution in [3.63, 3.8) is 0 Å². The second kappa shape index (κ2) is 9.39. The fraction of sp³-hybridized carbons (Fsp3) is 0.0833. The van der Waals surface area contributed by atoms with Crippen LogP contribution >= 0.6 is 0 Å². The van der Waals surface area contributed by atoms with Crippen LogP contribution in [-0.4, -0.2) is 10.4 Å². The average molecular weight is 402 g/mol. The molecule has 0 aromatic heterocycles. The molecule has 0 aliphatic heterocycles. The maximum Gasteiger partial charge on any atom is 0.128 e. The Kier molecular flexibility index (Phi) is 6.22. The van der Waals surface area contributed by atoms with Crippen LogP contribution in [0.15, 0.2) is 84.9 Å². The van der Waals surface area contributed by atoms with Crippen molar-refractivity contribution in [1.82, 2.24) is 11.0 Å². The molecule has 0 spiro atoms. The molecule has 0 saturated heterocycles. The molecule has 0 fully saturated rings. The summed E-state index contributed by atoms with van der Waals surface area (Å²) in [7, 11) is 0. The van der Waals surface area contributed by atoms with Crippen LogP contribution < -0.4 is 20.4 Å². The molecule has 6 nitrogen and oxygen atoms in total. The molecule has 0 bridgehead atoms. The summed E-state index contributed by atoms with van der Waals surface area (Å²) in [6, 6.07) is 26.9. The van der Waals surface area contributed by atoms with Crippen molar-refractivity contribution < 1.29 is 19.9 Å². The van der Waals surface area contributed by atoms with Gasteiger partial charge in [-0.25, -0.2) is 11.0 Å². The summed E-state index contributed by atoms with van der Waals surface area (Å²) < 4.78 is 11.9. The molecule has 0 heterocycles. The van der Waals surface area contributed by atoms with Gasteiger partial charge in [-0.2, -0.15) is 0 Å². The van der Waals surface area contributed by atoms with E-state index in [1.54, 1.807) is 0 Å². The zero-order valence-corrected chi connectivity index (χ0v) is 16.2. The molecule has 0 saturated carbocycles. The molecule has 0 aliphatic carbocycles. The van der Waals surface area contributed by atoms with E-state index in [9.17, 15) is 0 Å². The SMILES string of the molecule is ONCc1ccc(Oc2ccc3ccc(Oc4ccc(CNO)cc4)cc3c2)cc1. The monoisotopic (exact) mass is 402 g/mol. The quantitative estimate of drug-likeness (QED) is 0.296. The van der Waals surface area contributed by atoms with E-state index in [-0.39, 0.29) is 0 Å². The molecular formula is C24H22N2O4. The number of fused-ring (bicyclic) bond motifs is 1. The Morgan fingerprint density at radius 2 is 0.900 bits per heavy atom. The van der Waals surface area contributed by atoms with Crippen molar-refractivity contribution in [2.45, 2.75) is 13.1 Å². The molecule has 0 unspecified atom stereocenters. The first kappa shape index (κ1) is 19.9. The molecule has 4 N–H and O–H groups in total. The second-order valence-electron chi connectivity index (χ2n) is 6.83. The first-order valence-corrected chi connectivity index (χ1v) is 9.55. The van der Waals surface area contributed by atoms with Gasteiger partial charge in [0, 0.05) is 13.1 Å². The summed E-state index contributed by atoms with van der Waals surface area (Å²) >= 11 is 0. The number of hydroxylamine groups is 2.